The Labute approximate surface area is 127 Å². The van der Waals surface area contributed by atoms with E-state index in [9.17, 15) is 0 Å². The molecule has 21 heavy (non-hydrogen) atoms. The molecule has 2 aliphatic rings. The predicted octanol–water partition coefficient (Wildman–Crippen LogP) is 2.15. The van der Waals surface area contributed by atoms with Crippen LogP contribution in [0.15, 0.2) is 6.07 Å². The first-order valence-electron chi connectivity index (χ1n) is 8.26. The van der Waals surface area contributed by atoms with Gasteiger partial charge in [0.15, 0.2) is 0 Å². The number of nitrogens with one attached hydrogen (secondary N) is 1. The Morgan fingerprint density at radius 3 is 2.76 bits per heavy atom. The van der Waals surface area contributed by atoms with Gasteiger partial charge in [-0.3, -0.25) is 0 Å². The van der Waals surface area contributed by atoms with Crippen LogP contribution in [0.25, 0.3) is 0 Å². The fraction of sp³-hybridized carbons (Fsp3) is 0.750. The highest BCUT2D eigenvalue weighted by Gasteiger charge is 2.25. The number of hydrogen-bond donors (Lipinski definition) is 2. The standard InChI is InChI=1S/C16H27N5/c1-11(2)14-10-21(8-7-18-14)15-9-13(19-16(17)20-15)12-5-3-4-6-12/h9,11-12,14,18H,3-8,10H2,1-2H3,(H2,17,19,20). The summed E-state index contributed by atoms with van der Waals surface area (Å²) in [6, 6.07) is 2.69. The van der Waals surface area contributed by atoms with E-state index in [0.29, 0.717) is 23.8 Å². The fourth-order valence-corrected chi connectivity index (χ4v) is 3.50. The van der Waals surface area contributed by atoms with Gasteiger partial charge in [-0.05, 0) is 18.8 Å². The Hall–Kier alpha value is -1.36. The molecule has 5 nitrogen and oxygen atoms in total. The van der Waals surface area contributed by atoms with Crippen molar-refractivity contribution in [3.63, 3.8) is 0 Å². The second-order valence-corrected chi connectivity index (χ2v) is 6.74. The summed E-state index contributed by atoms with van der Waals surface area (Å²) < 4.78 is 0. The van der Waals surface area contributed by atoms with Crippen LogP contribution in [0.3, 0.4) is 0 Å². The maximum atomic E-state index is 5.96. The molecule has 1 saturated carbocycles. The highest BCUT2D eigenvalue weighted by atomic mass is 15.3. The van der Waals surface area contributed by atoms with E-state index in [0.717, 1.165) is 31.1 Å². The summed E-state index contributed by atoms with van der Waals surface area (Å²) in [7, 11) is 0. The lowest BCUT2D eigenvalue weighted by Crippen LogP contribution is -2.53. The van der Waals surface area contributed by atoms with Crippen molar-refractivity contribution in [1.82, 2.24) is 15.3 Å². The van der Waals surface area contributed by atoms with Gasteiger partial charge in [0, 0.05) is 37.7 Å². The van der Waals surface area contributed by atoms with E-state index in [2.05, 4.69) is 40.1 Å². The summed E-state index contributed by atoms with van der Waals surface area (Å²) in [4.78, 5) is 11.3. The van der Waals surface area contributed by atoms with Gasteiger partial charge >= 0.3 is 0 Å². The number of nitrogens with zero attached hydrogens (tertiary/aromatic N) is 3. The van der Waals surface area contributed by atoms with Crippen LogP contribution in [-0.4, -0.2) is 35.6 Å². The van der Waals surface area contributed by atoms with E-state index in [-0.39, 0.29) is 0 Å². The van der Waals surface area contributed by atoms with E-state index in [1.54, 1.807) is 0 Å². The minimum absolute atomic E-state index is 0.425. The third-order valence-corrected chi connectivity index (χ3v) is 4.86. The Kier molecular flexibility index (Phi) is 4.29. The molecule has 5 heteroatoms. The van der Waals surface area contributed by atoms with E-state index in [1.165, 1.54) is 25.7 Å². The third kappa shape index (κ3) is 3.28. The monoisotopic (exact) mass is 289 g/mol. The van der Waals surface area contributed by atoms with E-state index < -0.39 is 0 Å². The van der Waals surface area contributed by atoms with Gasteiger partial charge in [0.1, 0.15) is 5.82 Å². The van der Waals surface area contributed by atoms with Gasteiger partial charge in [-0.25, -0.2) is 4.98 Å². The van der Waals surface area contributed by atoms with Crippen LogP contribution >= 0.6 is 0 Å². The largest absolute Gasteiger partial charge is 0.368 e. The van der Waals surface area contributed by atoms with Crippen LogP contribution in [0.4, 0.5) is 11.8 Å². The summed E-state index contributed by atoms with van der Waals surface area (Å²) >= 11 is 0. The molecule has 1 unspecified atom stereocenters. The summed E-state index contributed by atoms with van der Waals surface area (Å²) in [5.74, 6) is 2.64. The molecule has 2 heterocycles. The molecule has 1 aromatic rings. The first kappa shape index (κ1) is 14.6. The van der Waals surface area contributed by atoms with Gasteiger partial charge in [0.25, 0.3) is 0 Å². The maximum Gasteiger partial charge on any atom is 0.222 e. The van der Waals surface area contributed by atoms with Gasteiger partial charge < -0.3 is 16.0 Å². The molecule has 3 N–H and O–H groups in total. The molecule has 1 aliphatic heterocycles. The normalized spacial score (nSPS) is 24.0. The zero-order chi connectivity index (χ0) is 14.8. The molecule has 0 spiro atoms. The van der Waals surface area contributed by atoms with Crippen LogP contribution in [-0.2, 0) is 0 Å². The molecular weight excluding hydrogens is 262 g/mol. The van der Waals surface area contributed by atoms with E-state index in [4.69, 9.17) is 5.73 Å². The van der Waals surface area contributed by atoms with Gasteiger partial charge in [-0.2, -0.15) is 4.98 Å². The molecule has 0 radical (unpaired) electrons. The summed E-state index contributed by atoms with van der Waals surface area (Å²) in [5, 5.41) is 3.59. The number of hydrogen-bond acceptors (Lipinski definition) is 5. The topological polar surface area (TPSA) is 67.1 Å². The average Bonchev–Trinajstić information content (AvgIpc) is 3.01. The van der Waals surface area contributed by atoms with Gasteiger partial charge in [-0.1, -0.05) is 26.7 Å². The first-order valence-corrected chi connectivity index (χ1v) is 8.26. The zero-order valence-corrected chi connectivity index (χ0v) is 13.2. The summed E-state index contributed by atoms with van der Waals surface area (Å²) in [6.07, 6.45) is 5.11. The highest BCUT2D eigenvalue weighted by Crippen LogP contribution is 2.34. The number of anilines is 2. The Bertz CT molecular complexity index is 482. The molecule has 1 saturated heterocycles. The summed E-state index contributed by atoms with van der Waals surface area (Å²) in [6.45, 7) is 7.52. The van der Waals surface area contributed by atoms with Gasteiger partial charge in [-0.15, -0.1) is 0 Å². The number of rotatable bonds is 3. The van der Waals surface area contributed by atoms with Crippen LogP contribution in [0.2, 0.25) is 0 Å². The van der Waals surface area contributed by atoms with Crippen LogP contribution < -0.4 is 16.0 Å². The maximum absolute atomic E-state index is 5.96. The van der Waals surface area contributed by atoms with E-state index in [1.807, 2.05) is 0 Å². The lowest BCUT2D eigenvalue weighted by molar-refractivity contribution is 0.367. The van der Waals surface area contributed by atoms with Crippen molar-refractivity contribution in [2.75, 3.05) is 30.3 Å². The van der Waals surface area contributed by atoms with Crippen LogP contribution in [0, 0.1) is 5.92 Å². The van der Waals surface area contributed by atoms with Crippen molar-refractivity contribution in [1.29, 1.82) is 0 Å². The molecule has 1 aliphatic carbocycles. The molecule has 3 rings (SSSR count). The minimum atomic E-state index is 0.425. The predicted molar refractivity (Wildman–Crippen MR) is 86.5 cm³/mol. The Balaban J connectivity index is 1.80. The first-order chi connectivity index (χ1) is 10.1. The Morgan fingerprint density at radius 2 is 2.05 bits per heavy atom. The number of piperazine rings is 1. The Morgan fingerprint density at radius 1 is 1.29 bits per heavy atom. The van der Waals surface area contributed by atoms with Crippen molar-refractivity contribution >= 4 is 11.8 Å². The molecule has 116 valence electrons. The number of aromatic nitrogens is 2. The minimum Gasteiger partial charge on any atom is -0.368 e. The average molecular weight is 289 g/mol. The second-order valence-electron chi connectivity index (χ2n) is 6.74. The van der Waals surface area contributed by atoms with Crippen molar-refractivity contribution in [3.05, 3.63) is 11.8 Å². The van der Waals surface area contributed by atoms with Crippen molar-refractivity contribution in [2.45, 2.75) is 51.5 Å². The van der Waals surface area contributed by atoms with Crippen molar-refractivity contribution in [2.24, 2.45) is 5.92 Å². The molecule has 2 fully saturated rings. The van der Waals surface area contributed by atoms with Crippen molar-refractivity contribution < 1.29 is 0 Å². The zero-order valence-electron chi connectivity index (χ0n) is 13.2. The highest BCUT2D eigenvalue weighted by molar-refractivity contribution is 5.45. The summed E-state index contributed by atoms with van der Waals surface area (Å²) in [5.41, 5.74) is 7.11. The van der Waals surface area contributed by atoms with Crippen molar-refractivity contribution in [3.8, 4) is 0 Å². The molecule has 1 aromatic heterocycles. The lowest BCUT2D eigenvalue weighted by atomic mass is 10.0. The molecule has 0 amide bonds. The molecular formula is C16H27N5. The second kappa shape index (κ2) is 6.18. The van der Waals surface area contributed by atoms with Gasteiger partial charge in [0.2, 0.25) is 5.95 Å². The smallest absolute Gasteiger partial charge is 0.222 e. The molecule has 0 aromatic carbocycles. The quantitative estimate of drug-likeness (QED) is 0.892. The fourth-order valence-electron chi connectivity index (χ4n) is 3.50. The molecule has 0 bridgehead atoms. The SMILES string of the molecule is CC(C)C1CN(c2cc(C3CCCC3)nc(N)n2)CCN1. The van der Waals surface area contributed by atoms with E-state index >= 15 is 0 Å². The lowest BCUT2D eigenvalue weighted by Gasteiger charge is -2.36. The van der Waals surface area contributed by atoms with Crippen LogP contribution in [0.1, 0.15) is 51.1 Å². The number of nitrogens with two attached hydrogens (primary N) is 1. The number of nitrogen functional groups attached to an aromatic ring is 1. The van der Waals surface area contributed by atoms with Crippen LogP contribution in [0.5, 0.6) is 0 Å². The van der Waals surface area contributed by atoms with Gasteiger partial charge in [0.05, 0.1) is 5.69 Å². The molecule has 1 atom stereocenters. The third-order valence-electron chi connectivity index (χ3n) is 4.86.